The van der Waals surface area contributed by atoms with Gasteiger partial charge in [0.2, 0.25) is 5.91 Å². The van der Waals surface area contributed by atoms with Gasteiger partial charge >= 0.3 is 0 Å². The van der Waals surface area contributed by atoms with Crippen LogP contribution in [0.25, 0.3) is 0 Å². The minimum Gasteiger partial charge on any atom is -0.350 e. The van der Waals surface area contributed by atoms with Crippen molar-refractivity contribution in [2.75, 3.05) is 0 Å². The second-order valence-electron chi connectivity index (χ2n) is 6.30. The van der Waals surface area contributed by atoms with Crippen LogP contribution in [0.4, 0.5) is 0 Å². The fourth-order valence-electron chi connectivity index (χ4n) is 3.92. The molecule has 2 heteroatoms. The second kappa shape index (κ2) is 3.84. The normalized spacial score (nSPS) is 29.8. The molecule has 0 bridgehead atoms. The molecule has 1 aromatic carbocycles. The van der Waals surface area contributed by atoms with E-state index >= 15 is 0 Å². The molecule has 1 spiro atoms. The number of amides is 1. The first-order valence-corrected chi connectivity index (χ1v) is 6.95. The van der Waals surface area contributed by atoms with Gasteiger partial charge in [-0.25, -0.2) is 0 Å². The molecule has 0 saturated carbocycles. The van der Waals surface area contributed by atoms with Crippen LogP contribution in [0.15, 0.2) is 24.3 Å². The first-order valence-electron chi connectivity index (χ1n) is 6.95. The van der Waals surface area contributed by atoms with Gasteiger partial charge in [-0.05, 0) is 44.2 Å². The van der Waals surface area contributed by atoms with Crippen LogP contribution in [0.1, 0.15) is 50.7 Å². The van der Waals surface area contributed by atoms with Crippen LogP contribution in [0.5, 0.6) is 0 Å². The first-order chi connectivity index (χ1) is 8.55. The standard InChI is InChI=1S/C16H21NO/c1-15(2)16(11-14(18)17-15)10-6-5-8-12-7-3-4-9-13(12)16/h3-4,7,9H,5-6,8,10-11H2,1-2H3,(H,17,18). The topological polar surface area (TPSA) is 29.1 Å². The highest BCUT2D eigenvalue weighted by molar-refractivity contribution is 5.83. The molecule has 1 unspecified atom stereocenters. The van der Waals surface area contributed by atoms with Crippen molar-refractivity contribution in [1.82, 2.24) is 5.32 Å². The third-order valence-corrected chi connectivity index (χ3v) is 4.94. The number of fused-ring (bicyclic) bond motifs is 2. The Labute approximate surface area is 109 Å². The summed E-state index contributed by atoms with van der Waals surface area (Å²) in [4.78, 5) is 11.9. The van der Waals surface area contributed by atoms with E-state index in [1.165, 1.54) is 24.0 Å². The van der Waals surface area contributed by atoms with E-state index in [-0.39, 0.29) is 16.9 Å². The van der Waals surface area contributed by atoms with E-state index in [0.717, 1.165) is 12.8 Å². The summed E-state index contributed by atoms with van der Waals surface area (Å²) in [5.41, 5.74) is 2.72. The molecule has 3 rings (SSSR count). The van der Waals surface area contributed by atoms with Crippen molar-refractivity contribution in [3.63, 3.8) is 0 Å². The molecule has 2 aliphatic rings. The molecule has 0 radical (unpaired) electrons. The molecule has 1 amide bonds. The van der Waals surface area contributed by atoms with E-state index in [2.05, 4.69) is 43.4 Å². The average Bonchev–Trinajstić information content (AvgIpc) is 2.48. The Morgan fingerprint density at radius 2 is 1.94 bits per heavy atom. The van der Waals surface area contributed by atoms with Gasteiger partial charge in [0.25, 0.3) is 0 Å². The van der Waals surface area contributed by atoms with Crippen LogP contribution in [-0.4, -0.2) is 11.4 Å². The third kappa shape index (κ3) is 1.51. The molecule has 96 valence electrons. The SMILES string of the molecule is CC1(C)NC(=O)CC12CCCCc1ccccc12. The highest BCUT2D eigenvalue weighted by Gasteiger charge is 2.54. The van der Waals surface area contributed by atoms with E-state index in [1.54, 1.807) is 0 Å². The van der Waals surface area contributed by atoms with Gasteiger partial charge in [-0.3, -0.25) is 4.79 Å². The highest BCUT2D eigenvalue weighted by Crippen LogP contribution is 2.49. The molecule has 0 aromatic heterocycles. The summed E-state index contributed by atoms with van der Waals surface area (Å²) in [6.07, 6.45) is 5.38. The number of carbonyl (C=O) groups is 1. The minimum absolute atomic E-state index is 0.00280. The van der Waals surface area contributed by atoms with Crippen LogP contribution in [0.2, 0.25) is 0 Å². The summed E-state index contributed by atoms with van der Waals surface area (Å²) in [6, 6.07) is 8.71. The van der Waals surface area contributed by atoms with Gasteiger partial charge in [0.15, 0.2) is 0 Å². The molecule has 18 heavy (non-hydrogen) atoms. The molecular formula is C16H21NO. The average molecular weight is 243 g/mol. The Hall–Kier alpha value is -1.31. The first kappa shape index (κ1) is 11.8. The van der Waals surface area contributed by atoms with Gasteiger partial charge in [-0.2, -0.15) is 0 Å². The zero-order valence-electron chi connectivity index (χ0n) is 11.3. The van der Waals surface area contributed by atoms with Crippen molar-refractivity contribution in [2.45, 2.75) is 56.9 Å². The molecule has 1 fully saturated rings. The Morgan fingerprint density at radius 1 is 1.17 bits per heavy atom. The van der Waals surface area contributed by atoms with Gasteiger partial charge in [0.1, 0.15) is 0 Å². The van der Waals surface area contributed by atoms with Crippen molar-refractivity contribution in [2.24, 2.45) is 0 Å². The summed E-state index contributed by atoms with van der Waals surface area (Å²) >= 11 is 0. The smallest absolute Gasteiger partial charge is 0.221 e. The highest BCUT2D eigenvalue weighted by atomic mass is 16.2. The number of aryl methyl sites for hydroxylation is 1. The maximum absolute atomic E-state index is 11.9. The maximum Gasteiger partial charge on any atom is 0.221 e. The number of nitrogens with one attached hydrogen (secondary N) is 1. The van der Waals surface area contributed by atoms with Crippen LogP contribution >= 0.6 is 0 Å². The lowest BCUT2D eigenvalue weighted by Gasteiger charge is -2.41. The van der Waals surface area contributed by atoms with Crippen molar-refractivity contribution >= 4 is 5.91 Å². The lowest BCUT2D eigenvalue weighted by molar-refractivity contribution is -0.119. The number of benzene rings is 1. The van der Waals surface area contributed by atoms with Gasteiger partial charge in [0.05, 0.1) is 0 Å². The lowest BCUT2D eigenvalue weighted by Crippen LogP contribution is -2.50. The number of hydrogen-bond acceptors (Lipinski definition) is 1. The van der Waals surface area contributed by atoms with Crippen LogP contribution in [0, 0.1) is 0 Å². The third-order valence-electron chi connectivity index (χ3n) is 4.94. The number of hydrogen-bond donors (Lipinski definition) is 1. The molecule has 1 saturated heterocycles. The van der Waals surface area contributed by atoms with Crippen molar-refractivity contribution in [3.8, 4) is 0 Å². The molecule has 2 nitrogen and oxygen atoms in total. The van der Waals surface area contributed by atoms with Gasteiger partial charge in [-0.15, -0.1) is 0 Å². The Bertz CT molecular complexity index is 492. The Kier molecular flexibility index (Phi) is 2.51. The molecule has 1 N–H and O–H groups in total. The molecule has 1 aliphatic carbocycles. The molecular weight excluding hydrogens is 222 g/mol. The van der Waals surface area contributed by atoms with Crippen LogP contribution in [0.3, 0.4) is 0 Å². The second-order valence-corrected chi connectivity index (χ2v) is 6.30. The van der Waals surface area contributed by atoms with Gasteiger partial charge < -0.3 is 5.32 Å². The van der Waals surface area contributed by atoms with Crippen LogP contribution < -0.4 is 5.32 Å². The summed E-state index contributed by atoms with van der Waals surface area (Å²) < 4.78 is 0. The zero-order chi connectivity index (χ0) is 12.8. The molecule has 1 atom stereocenters. The fraction of sp³-hybridized carbons (Fsp3) is 0.562. The molecule has 1 aliphatic heterocycles. The van der Waals surface area contributed by atoms with E-state index in [1.807, 2.05) is 0 Å². The maximum atomic E-state index is 11.9. The minimum atomic E-state index is -0.134. The molecule has 1 aromatic rings. The predicted molar refractivity (Wildman–Crippen MR) is 72.5 cm³/mol. The van der Waals surface area contributed by atoms with Crippen molar-refractivity contribution < 1.29 is 4.79 Å². The Morgan fingerprint density at radius 3 is 2.67 bits per heavy atom. The van der Waals surface area contributed by atoms with E-state index in [4.69, 9.17) is 0 Å². The quantitative estimate of drug-likeness (QED) is 0.745. The van der Waals surface area contributed by atoms with Crippen LogP contribution in [-0.2, 0) is 16.6 Å². The summed E-state index contributed by atoms with van der Waals surface area (Å²) in [5, 5.41) is 3.18. The Balaban J connectivity index is 2.19. The lowest BCUT2D eigenvalue weighted by atomic mass is 9.64. The summed E-state index contributed by atoms with van der Waals surface area (Å²) in [7, 11) is 0. The largest absolute Gasteiger partial charge is 0.350 e. The van der Waals surface area contributed by atoms with Gasteiger partial charge in [0, 0.05) is 17.4 Å². The number of carbonyl (C=O) groups excluding carboxylic acids is 1. The zero-order valence-corrected chi connectivity index (χ0v) is 11.3. The monoisotopic (exact) mass is 243 g/mol. The predicted octanol–water partition coefficient (Wildman–Crippen LogP) is 2.95. The van der Waals surface area contributed by atoms with Crippen molar-refractivity contribution in [3.05, 3.63) is 35.4 Å². The van der Waals surface area contributed by atoms with E-state index in [9.17, 15) is 4.79 Å². The van der Waals surface area contributed by atoms with Gasteiger partial charge in [-0.1, -0.05) is 30.7 Å². The summed E-state index contributed by atoms with van der Waals surface area (Å²) in [5.74, 6) is 0.205. The number of rotatable bonds is 0. The summed E-state index contributed by atoms with van der Waals surface area (Å²) in [6.45, 7) is 4.36. The van der Waals surface area contributed by atoms with Crippen molar-refractivity contribution in [1.29, 1.82) is 0 Å². The molecule has 1 heterocycles. The van der Waals surface area contributed by atoms with E-state index < -0.39 is 0 Å². The van der Waals surface area contributed by atoms with E-state index in [0.29, 0.717) is 6.42 Å². The fourth-order valence-corrected chi connectivity index (χ4v) is 3.92.